The molecule has 0 radical (unpaired) electrons. The average molecular weight is 490 g/mol. The van der Waals surface area contributed by atoms with E-state index in [4.69, 9.17) is 10.4 Å². The number of H-pyrrole nitrogens is 1. The number of aromatic amines is 1. The van der Waals surface area contributed by atoms with Gasteiger partial charge in [0.25, 0.3) is 0 Å². The summed E-state index contributed by atoms with van der Waals surface area (Å²) < 4.78 is 34.1. The predicted molar refractivity (Wildman–Crippen MR) is 120 cm³/mol. The zero-order valence-corrected chi connectivity index (χ0v) is 19.2. The number of thiazole rings is 1. The number of benzene rings is 2. The Hall–Kier alpha value is -3.48. The van der Waals surface area contributed by atoms with Crippen LogP contribution in [-0.2, 0) is 21.6 Å². The topological polar surface area (TPSA) is 171 Å². The molecule has 4 aromatic rings. The Morgan fingerprint density at radius 3 is 2.64 bits per heavy atom. The number of hydrogen-bond acceptors (Lipinski definition) is 11. The van der Waals surface area contributed by atoms with Crippen molar-refractivity contribution < 1.29 is 26.8 Å². The Morgan fingerprint density at radius 2 is 2.03 bits per heavy atom. The number of aromatic nitrogens is 3. The van der Waals surface area contributed by atoms with Crippen molar-refractivity contribution in [1.29, 1.82) is 5.26 Å². The molecule has 0 saturated carbocycles. The Kier molecular flexibility index (Phi) is 7.63. The summed E-state index contributed by atoms with van der Waals surface area (Å²) in [5, 5.41) is 35.7. The molecule has 172 valence electrons. The van der Waals surface area contributed by atoms with Crippen LogP contribution in [0.15, 0.2) is 52.8 Å². The number of aliphatic hydroxyl groups is 1. The number of azo groups is 1. The van der Waals surface area contributed by atoms with Gasteiger partial charge in [-0.15, -0.1) is 0 Å². The fourth-order valence-corrected chi connectivity index (χ4v) is 3.80. The number of nitriles is 1. The smallest absolute Gasteiger partial charge is 0.409 e. The summed E-state index contributed by atoms with van der Waals surface area (Å²) in [5.41, 5.74) is 3.45. The van der Waals surface area contributed by atoms with E-state index in [0.29, 0.717) is 11.4 Å². The minimum absolute atomic E-state index is 0.0811. The number of nitrogens with zero attached hydrogens (tertiary/aromatic N) is 6. The lowest BCUT2D eigenvalue weighted by molar-refractivity contribution is -0.627. The molecule has 2 aromatic heterocycles. The number of nitrogens with one attached hydrogen (secondary N) is 1. The van der Waals surface area contributed by atoms with Crippen LogP contribution in [0, 0.1) is 11.5 Å². The third-order valence-corrected chi connectivity index (χ3v) is 5.92. The SMILES string of the molecule is COS(=O)(=O)[O-].C[n+]1c(N=Nc2ccc(N(C#N)CCO)cc2)sc2cc3cn[nH]c3cc21. The second-order valence-corrected chi connectivity index (χ2v) is 8.65. The molecule has 2 N–H and O–H groups in total. The first-order valence-electron chi connectivity index (χ1n) is 9.32. The van der Waals surface area contributed by atoms with Crippen molar-refractivity contribution in [3.63, 3.8) is 0 Å². The molecule has 2 aromatic carbocycles. The third kappa shape index (κ3) is 6.06. The predicted octanol–water partition coefficient (Wildman–Crippen LogP) is 2.39. The summed E-state index contributed by atoms with van der Waals surface area (Å²) in [6.07, 6.45) is 3.84. The van der Waals surface area contributed by atoms with Gasteiger partial charge in [-0.1, -0.05) is 0 Å². The van der Waals surface area contributed by atoms with Gasteiger partial charge in [-0.05, 0) is 46.8 Å². The van der Waals surface area contributed by atoms with Crippen molar-refractivity contribution in [2.45, 2.75) is 0 Å². The number of fused-ring (bicyclic) bond motifs is 2. The fraction of sp³-hybridized carbons (Fsp3) is 0.211. The maximum absolute atomic E-state index is 9.22. The molecule has 0 fully saturated rings. The molecule has 0 aliphatic carbocycles. The summed E-state index contributed by atoms with van der Waals surface area (Å²) >= 11 is 1.56. The average Bonchev–Trinajstić information content (AvgIpc) is 3.38. The highest BCUT2D eigenvalue weighted by Gasteiger charge is 2.17. The van der Waals surface area contributed by atoms with Gasteiger partial charge in [-0.25, -0.2) is 13.0 Å². The van der Waals surface area contributed by atoms with Crippen LogP contribution in [0.3, 0.4) is 0 Å². The van der Waals surface area contributed by atoms with E-state index in [1.54, 1.807) is 41.8 Å². The van der Waals surface area contributed by atoms with Crippen LogP contribution in [0.2, 0.25) is 0 Å². The largest absolute Gasteiger partial charge is 0.726 e. The van der Waals surface area contributed by atoms with Gasteiger partial charge >= 0.3 is 5.13 Å². The standard InChI is InChI=1S/C18H16N7OS.CH4O4S/c1-24-16-9-15-12(10-20-22-15)8-17(16)27-18(24)23-21-13-2-4-14(5-3-13)25(11-19)6-7-26;1-5-6(2,3)4/h2-5,8-10,26H,6-7H2,1H3,(H,20,22);1H3,(H,2,3,4)/q+1;/p-1. The molecule has 0 amide bonds. The van der Waals surface area contributed by atoms with Crippen molar-refractivity contribution in [1.82, 2.24) is 10.2 Å². The molecule has 4 rings (SSSR count). The molecule has 33 heavy (non-hydrogen) atoms. The lowest BCUT2D eigenvalue weighted by Crippen LogP contribution is -2.25. The van der Waals surface area contributed by atoms with E-state index in [9.17, 15) is 13.0 Å². The van der Waals surface area contributed by atoms with E-state index in [1.807, 2.05) is 17.8 Å². The second-order valence-electron chi connectivity index (χ2n) is 6.49. The van der Waals surface area contributed by atoms with Crippen LogP contribution in [0.5, 0.6) is 0 Å². The van der Waals surface area contributed by atoms with Crippen LogP contribution >= 0.6 is 11.3 Å². The van der Waals surface area contributed by atoms with Crippen LogP contribution in [0.1, 0.15) is 0 Å². The van der Waals surface area contributed by atoms with E-state index >= 15 is 0 Å². The maximum atomic E-state index is 9.22. The zero-order chi connectivity index (χ0) is 24.0. The minimum Gasteiger partial charge on any atom is -0.726 e. The summed E-state index contributed by atoms with van der Waals surface area (Å²) in [6.45, 7) is 0.181. The van der Waals surface area contributed by atoms with Crippen LogP contribution in [0.4, 0.5) is 16.5 Å². The van der Waals surface area contributed by atoms with Crippen LogP contribution in [-0.4, -0.2) is 48.5 Å². The molecule has 0 atom stereocenters. The Morgan fingerprint density at radius 1 is 1.33 bits per heavy atom. The fourth-order valence-electron chi connectivity index (χ4n) is 2.80. The lowest BCUT2D eigenvalue weighted by atomic mass is 10.2. The minimum atomic E-state index is -4.41. The van der Waals surface area contributed by atoms with Gasteiger partial charge < -0.3 is 9.66 Å². The second kappa shape index (κ2) is 10.4. The van der Waals surface area contributed by atoms with Gasteiger partial charge in [-0.3, -0.25) is 14.2 Å². The zero-order valence-electron chi connectivity index (χ0n) is 17.5. The van der Waals surface area contributed by atoms with Gasteiger partial charge in [-0.2, -0.15) is 10.4 Å². The number of aliphatic hydroxyl groups excluding tert-OH is 1. The van der Waals surface area contributed by atoms with E-state index < -0.39 is 10.4 Å². The highest BCUT2D eigenvalue weighted by atomic mass is 32.3. The Labute approximate surface area is 192 Å². The number of aryl methyl sites for hydroxylation is 1. The summed E-state index contributed by atoms with van der Waals surface area (Å²) in [4.78, 5) is 1.42. The molecule has 0 saturated heterocycles. The summed E-state index contributed by atoms with van der Waals surface area (Å²) in [5.74, 6) is 0. The van der Waals surface area contributed by atoms with Crippen molar-refractivity contribution in [3.8, 4) is 6.19 Å². The first-order chi connectivity index (χ1) is 15.8. The Balaban J connectivity index is 0.000000454. The summed E-state index contributed by atoms with van der Waals surface area (Å²) in [7, 11) is -1.65. The first kappa shape index (κ1) is 24.2. The van der Waals surface area contributed by atoms with Crippen LogP contribution < -0.4 is 9.47 Å². The number of rotatable bonds is 6. The van der Waals surface area contributed by atoms with Crippen molar-refractivity contribution in [3.05, 3.63) is 42.6 Å². The van der Waals surface area contributed by atoms with E-state index in [1.165, 1.54) is 4.90 Å². The van der Waals surface area contributed by atoms with E-state index in [-0.39, 0.29) is 13.2 Å². The Bertz CT molecular complexity index is 1420. The van der Waals surface area contributed by atoms with Crippen molar-refractivity contribution >= 4 is 59.4 Å². The third-order valence-electron chi connectivity index (χ3n) is 4.43. The van der Waals surface area contributed by atoms with Crippen LogP contribution in [0.25, 0.3) is 21.1 Å². The number of hydrogen-bond donors (Lipinski definition) is 2. The maximum Gasteiger partial charge on any atom is 0.409 e. The molecular weight excluding hydrogens is 470 g/mol. The molecule has 12 nitrogen and oxygen atoms in total. The molecule has 0 unspecified atom stereocenters. The monoisotopic (exact) mass is 489 g/mol. The highest BCUT2D eigenvalue weighted by molar-refractivity contribution is 7.80. The van der Waals surface area contributed by atoms with E-state index in [0.717, 1.165) is 33.4 Å². The van der Waals surface area contributed by atoms with Gasteiger partial charge in [0.2, 0.25) is 10.4 Å². The number of anilines is 1. The molecular formula is C19H19N7O5S2. The molecule has 0 aliphatic heterocycles. The van der Waals surface area contributed by atoms with E-state index in [2.05, 4.69) is 36.7 Å². The van der Waals surface area contributed by atoms with Gasteiger partial charge in [0.1, 0.15) is 11.2 Å². The molecule has 2 heterocycles. The lowest BCUT2D eigenvalue weighted by Gasteiger charge is -2.13. The molecule has 0 spiro atoms. The molecule has 0 aliphatic rings. The van der Waals surface area contributed by atoms with Crippen molar-refractivity contribution in [2.75, 3.05) is 25.2 Å². The van der Waals surface area contributed by atoms with Crippen molar-refractivity contribution in [2.24, 2.45) is 17.3 Å². The van der Waals surface area contributed by atoms with Gasteiger partial charge in [0, 0.05) is 11.5 Å². The quantitative estimate of drug-likeness (QED) is 0.104. The first-order valence-corrected chi connectivity index (χ1v) is 11.5. The molecule has 14 heteroatoms. The van der Waals surface area contributed by atoms with Gasteiger partial charge in [0.15, 0.2) is 6.19 Å². The summed E-state index contributed by atoms with van der Waals surface area (Å²) in [6, 6.07) is 11.3. The molecule has 0 bridgehead atoms. The normalized spacial score (nSPS) is 11.5. The van der Waals surface area contributed by atoms with Gasteiger partial charge in [0.05, 0.1) is 54.5 Å². The highest BCUT2D eigenvalue weighted by Crippen LogP contribution is 2.30.